The molecule has 0 aliphatic carbocycles. The monoisotopic (exact) mass is 239 g/mol. The topological polar surface area (TPSA) is 33.1 Å². The van der Waals surface area contributed by atoms with Gasteiger partial charge < -0.3 is 5.11 Å². The first-order chi connectivity index (χ1) is 7.18. The summed E-state index contributed by atoms with van der Waals surface area (Å²) in [7, 11) is 0. The predicted molar refractivity (Wildman–Crippen MR) is 61.4 cm³/mol. The van der Waals surface area contributed by atoms with Gasteiger partial charge in [0.1, 0.15) is 5.75 Å². The van der Waals surface area contributed by atoms with Crippen molar-refractivity contribution in [3.8, 4) is 16.9 Å². The van der Waals surface area contributed by atoms with Crippen molar-refractivity contribution in [2.24, 2.45) is 0 Å². The molecule has 2 aromatic rings. The molecule has 0 bridgehead atoms. The predicted octanol–water partition coefficient (Wildman–Crippen LogP) is 3.76. The lowest BCUT2D eigenvalue weighted by Gasteiger charge is -2.05. The largest absolute Gasteiger partial charge is 0.506 e. The summed E-state index contributed by atoms with van der Waals surface area (Å²) in [5.74, 6) is -0.0192. The average Bonchev–Trinajstić information content (AvgIpc) is 2.25. The molecule has 76 valence electrons. The minimum Gasteiger partial charge on any atom is -0.506 e. The van der Waals surface area contributed by atoms with E-state index in [0.717, 1.165) is 11.1 Å². The molecule has 0 amide bonds. The van der Waals surface area contributed by atoms with Crippen molar-refractivity contribution in [2.75, 3.05) is 0 Å². The van der Waals surface area contributed by atoms with Crippen molar-refractivity contribution in [1.29, 1.82) is 0 Å². The van der Waals surface area contributed by atoms with Crippen LogP contribution in [-0.2, 0) is 0 Å². The molecular weight excluding hydrogens is 233 g/mol. The molecule has 0 radical (unpaired) electrons. The van der Waals surface area contributed by atoms with Crippen LogP contribution < -0.4 is 0 Å². The Hall–Kier alpha value is -1.25. The molecule has 1 aromatic carbocycles. The van der Waals surface area contributed by atoms with E-state index < -0.39 is 0 Å². The van der Waals surface area contributed by atoms with E-state index in [1.807, 2.05) is 12.1 Å². The van der Waals surface area contributed by atoms with Crippen molar-refractivity contribution < 1.29 is 5.11 Å². The number of aromatic hydroxyl groups is 1. The van der Waals surface area contributed by atoms with Crippen LogP contribution in [0.25, 0.3) is 11.1 Å². The number of hydrogen-bond acceptors (Lipinski definition) is 2. The van der Waals surface area contributed by atoms with Crippen LogP contribution in [0.3, 0.4) is 0 Å². The minimum absolute atomic E-state index is 0.0192. The third-order valence-corrected chi connectivity index (χ3v) is 2.62. The molecule has 0 saturated carbocycles. The van der Waals surface area contributed by atoms with E-state index in [2.05, 4.69) is 4.98 Å². The van der Waals surface area contributed by atoms with Crippen LogP contribution in [0.2, 0.25) is 10.0 Å². The molecule has 0 saturated heterocycles. The standard InChI is InChI=1S/C11H7Cl2NO/c12-9-5-11(15)10(13)4-8(9)7-2-1-3-14-6-7/h1-6,15H. The summed E-state index contributed by atoms with van der Waals surface area (Å²) in [6.45, 7) is 0. The maximum Gasteiger partial charge on any atom is 0.135 e. The molecular formula is C11H7Cl2NO. The highest BCUT2D eigenvalue weighted by atomic mass is 35.5. The number of rotatable bonds is 1. The number of phenols is 1. The van der Waals surface area contributed by atoms with Gasteiger partial charge in [-0.1, -0.05) is 29.3 Å². The molecule has 2 nitrogen and oxygen atoms in total. The number of aromatic nitrogens is 1. The molecule has 4 heteroatoms. The van der Waals surface area contributed by atoms with Gasteiger partial charge in [-0.05, 0) is 12.1 Å². The lowest BCUT2D eigenvalue weighted by Crippen LogP contribution is -1.81. The van der Waals surface area contributed by atoms with Gasteiger partial charge in [-0.15, -0.1) is 0 Å². The van der Waals surface area contributed by atoms with Crippen molar-refractivity contribution in [2.45, 2.75) is 0 Å². The summed E-state index contributed by atoms with van der Waals surface area (Å²) in [6, 6.07) is 6.73. The Kier molecular flexibility index (Phi) is 2.80. The molecule has 0 spiro atoms. The molecule has 0 aliphatic heterocycles. The first kappa shape index (κ1) is 10.3. The third-order valence-electron chi connectivity index (χ3n) is 2.01. The lowest BCUT2D eigenvalue weighted by molar-refractivity contribution is 0.475. The van der Waals surface area contributed by atoms with Crippen LogP contribution in [0, 0.1) is 0 Å². The first-order valence-electron chi connectivity index (χ1n) is 4.27. The van der Waals surface area contributed by atoms with E-state index in [1.54, 1.807) is 18.5 Å². The smallest absolute Gasteiger partial charge is 0.135 e. The van der Waals surface area contributed by atoms with E-state index in [0.29, 0.717) is 5.02 Å². The summed E-state index contributed by atoms with van der Waals surface area (Å²) in [6.07, 6.45) is 3.37. The van der Waals surface area contributed by atoms with Crippen LogP contribution in [0.5, 0.6) is 5.75 Å². The number of nitrogens with zero attached hydrogens (tertiary/aromatic N) is 1. The van der Waals surface area contributed by atoms with Gasteiger partial charge in [0.25, 0.3) is 0 Å². The van der Waals surface area contributed by atoms with Gasteiger partial charge in [0.15, 0.2) is 0 Å². The molecule has 0 aliphatic rings. The van der Waals surface area contributed by atoms with Gasteiger partial charge >= 0.3 is 0 Å². The minimum atomic E-state index is -0.0192. The molecule has 1 aromatic heterocycles. The second-order valence-electron chi connectivity index (χ2n) is 3.03. The van der Waals surface area contributed by atoms with Gasteiger partial charge in [0.05, 0.1) is 10.0 Å². The maximum atomic E-state index is 9.34. The van der Waals surface area contributed by atoms with Gasteiger partial charge in [-0.3, -0.25) is 4.98 Å². The zero-order valence-corrected chi connectivity index (χ0v) is 9.13. The summed E-state index contributed by atoms with van der Waals surface area (Å²) < 4.78 is 0. The number of benzene rings is 1. The van der Waals surface area contributed by atoms with E-state index >= 15 is 0 Å². The van der Waals surface area contributed by atoms with Crippen LogP contribution in [0.15, 0.2) is 36.7 Å². The Balaban J connectivity index is 2.59. The molecule has 0 atom stereocenters. The van der Waals surface area contributed by atoms with E-state index in [1.165, 1.54) is 6.07 Å². The Bertz CT molecular complexity index is 485. The van der Waals surface area contributed by atoms with Crippen LogP contribution >= 0.6 is 23.2 Å². The van der Waals surface area contributed by atoms with Crippen molar-refractivity contribution in [1.82, 2.24) is 4.98 Å². The summed E-state index contributed by atoms with van der Waals surface area (Å²) in [5.41, 5.74) is 1.62. The van der Waals surface area contributed by atoms with E-state index in [9.17, 15) is 5.11 Å². The van der Waals surface area contributed by atoms with Gasteiger partial charge in [-0.2, -0.15) is 0 Å². The second kappa shape index (κ2) is 4.09. The fourth-order valence-electron chi connectivity index (χ4n) is 1.28. The molecule has 15 heavy (non-hydrogen) atoms. The normalized spacial score (nSPS) is 10.3. The van der Waals surface area contributed by atoms with Crippen LogP contribution in [0.4, 0.5) is 0 Å². The van der Waals surface area contributed by atoms with Gasteiger partial charge in [0.2, 0.25) is 0 Å². The Morgan fingerprint density at radius 2 is 1.93 bits per heavy atom. The zero-order chi connectivity index (χ0) is 10.8. The molecule has 2 rings (SSSR count). The van der Waals surface area contributed by atoms with Crippen LogP contribution in [0.1, 0.15) is 0 Å². The summed E-state index contributed by atoms with van der Waals surface area (Å²) in [5, 5.41) is 10.1. The van der Waals surface area contributed by atoms with E-state index in [4.69, 9.17) is 23.2 Å². The fourth-order valence-corrected chi connectivity index (χ4v) is 1.71. The lowest BCUT2D eigenvalue weighted by atomic mass is 10.1. The number of hydrogen-bond donors (Lipinski definition) is 1. The van der Waals surface area contributed by atoms with Crippen LogP contribution in [-0.4, -0.2) is 10.1 Å². The van der Waals surface area contributed by atoms with Crippen molar-refractivity contribution in [3.05, 3.63) is 46.7 Å². The molecule has 0 unspecified atom stereocenters. The number of phenolic OH excluding ortho intramolecular Hbond substituents is 1. The quantitative estimate of drug-likeness (QED) is 0.823. The maximum absolute atomic E-state index is 9.34. The summed E-state index contributed by atoms with van der Waals surface area (Å²) >= 11 is 11.8. The number of halogens is 2. The fraction of sp³-hybridized carbons (Fsp3) is 0. The molecule has 0 fully saturated rings. The second-order valence-corrected chi connectivity index (χ2v) is 3.84. The molecule has 1 N–H and O–H groups in total. The summed E-state index contributed by atoms with van der Waals surface area (Å²) in [4.78, 5) is 3.99. The first-order valence-corrected chi connectivity index (χ1v) is 5.02. The van der Waals surface area contributed by atoms with Crippen molar-refractivity contribution >= 4 is 23.2 Å². The van der Waals surface area contributed by atoms with Gasteiger partial charge in [0, 0.05) is 29.6 Å². The number of pyridine rings is 1. The van der Waals surface area contributed by atoms with Crippen molar-refractivity contribution in [3.63, 3.8) is 0 Å². The average molecular weight is 240 g/mol. The Labute approximate surface area is 97.1 Å². The Morgan fingerprint density at radius 1 is 1.13 bits per heavy atom. The van der Waals surface area contributed by atoms with E-state index in [-0.39, 0.29) is 10.8 Å². The third kappa shape index (κ3) is 2.06. The molecule has 1 heterocycles. The highest BCUT2D eigenvalue weighted by molar-refractivity contribution is 6.36. The van der Waals surface area contributed by atoms with Gasteiger partial charge in [-0.25, -0.2) is 0 Å². The highest BCUT2D eigenvalue weighted by Gasteiger charge is 2.08. The SMILES string of the molecule is Oc1cc(Cl)c(-c2cccnc2)cc1Cl. The zero-order valence-electron chi connectivity index (χ0n) is 7.61. The Morgan fingerprint density at radius 3 is 2.60 bits per heavy atom. The highest BCUT2D eigenvalue weighted by Crippen LogP contribution is 2.35.